The van der Waals surface area contributed by atoms with E-state index in [0.29, 0.717) is 11.4 Å². The van der Waals surface area contributed by atoms with E-state index in [9.17, 15) is 4.79 Å². The summed E-state index contributed by atoms with van der Waals surface area (Å²) in [5.74, 6) is 1.46. The fraction of sp³-hybridized carbons (Fsp3) is 0.571. The lowest BCUT2D eigenvalue weighted by Crippen LogP contribution is -2.41. The highest BCUT2D eigenvalue weighted by molar-refractivity contribution is 5.93. The molecule has 2 aromatic rings. The third kappa shape index (κ3) is 4.21. The summed E-state index contributed by atoms with van der Waals surface area (Å²) in [7, 11) is 0. The van der Waals surface area contributed by atoms with Crippen molar-refractivity contribution in [1.29, 1.82) is 0 Å². The minimum absolute atomic E-state index is 0.0388. The first-order chi connectivity index (χ1) is 13.2. The summed E-state index contributed by atoms with van der Waals surface area (Å²) in [5.41, 5.74) is 2.36. The number of aryl methyl sites for hydroxylation is 1. The van der Waals surface area contributed by atoms with Crippen LogP contribution in [0.2, 0.25) is 0 Å². The van der Waals surface area contributed by atoms with Crippen molar-refractivity contribution in [2.75, 3.05) is 32.7 Å². The van der Waals surface area contributed by atoms with Gasteiger partial charge in [-0.25, -0.2) is 4.63 Å². The van der Waals surface area contributed by atoms with Crippen molar-refractivity contribution in [3.8, 4) is 0 Å². The molecule has 1 aromatic carbocycles. The second kappa shape index (κ2) is 8.21. The summed E-state index contributed by atoms with van der Waals surface area (Å²) < 4.78 is 4.67. The van der Waals surface area contributed by atoms with Gasteiger partial charge in [0.2, 0.25) is 0 Å². The number of hydrogen-bond acceptors (Lipinski definition) is 5. The predicted octanol–water partition coefficient (Wildman–Crippen LogP) is 2.79. The number of likely N-dealkylation sites (tertiary alicyclic amines) is 2. The summed E-state index contributed by atoms with van der Waals surface area (Å²) in [6.07, 6.45) is 4.60. The monoisotopic (exact) mass is 368 g/mol. The zero-order valence-electron chi connectivity index (χ0n) is 16.0. The lowest BCUT2D eigenvalue weighted by atomic mass is 9.83. The van der Waals surface area contributed by atoms with Gasteiger partial charge in [0.25, 0.3) is 5.91 Å². The average Bonchev–Trinajstić information content (AvgIpc) is 3.36. The quantitative estimate of drug-likeness (QED) is 0.812. The SMILES string of the molecule is Cc1nonc1C(=O)N1CCC([C@@H]2CCN(CCc3ccccc3)C2)CC1. The fourth-order valence-corrected chi connectivity index (χ4v) is 4.53. The Bertz CT molecular complexity index is 753. The highest BCUT2D eigenvalue weighted by Crippen LogP contribution is 2.32. The van der Waals surface area contributed by atoms with Gasteiger partial charge in [0.05, 0.1) is 0 Å². The first-order valence-corrected chi connectivity index (χ1v) is 10.1. The van der Waals surface area contributed by atoms with Crippen LogP contribution in [0.25, 0.3) is 0 Å². The molecule has 3 heterocycles. The van der Waals surface area contributed by atoms with Crippen LogP contribution in [-0.2, 0) is 6.42 Å². The number of rotatable bonds is 5. The molecule has 0 spiro atoms. The molecule has 2 aliphatic rings. The summed E-state index contributed by atoms with van der Waals surface area (Å²) in [4.78, 5) is 17.1. The molecular formula is C21H28N4O2. The summed E-state index contributed by atoms with van der Waals surface area (Å²) >= 11 is 0. The Balaban J connectivity index is 1.23. The number of piperidine rings is 1. The zero-order valence-corrected chi connectivity index (χ0v) is 16.0. The van der Waals surface area contributed by atoms with Crippen LogP contribution in [0.5, 0.6) is 0 Å². The molecule has 1 amide bonds. The Morgan fingerprint density at radius 3 is 2.52 bits per heavy atom. The summed E-state index contributed by atoms with van der Waals surface area (Å²) in [5, 5.41) is 7.48. The van der Waals surface area contributed by atoms with Gasteiger partial charge in [0, 0.05) is 26.2 Å². The Kier molecular flexibility index (Phi) is 5.53. The molecule has 4 rings (SSSR count). The Hall–Kier alpha value is -2.21. The van der Waals surface area contributed by atoms with Gasteiger partial charge < -0.3 is 9.80 Å². The van der Waals surface area contributed by atoms with E-state index in [1.807, 2.05) is 4.90 Å². The Morgan fingerprint density at radius 2 is 1.81 bits per heavy atom. The summed E-state index contributed by atoms with van der Waals surface area (Å²) in [6, 6.07) is 10.7. The molecule has 0 saturated carbocycles. The summed E-state index contributed by atoms with van der Waals surface area (Å²) in [6.45, 7) is 6.96. The zero-order chi connectivity index (χ0) is 18.6. The molecule has 6 heteroatoms. The van der Waals surface area contributed by atoms with E-state index >= 15 is 0 Å². The van der Waals surface area contributed by atoms with E-state index in [1.165, 1.54) is 25.1 Å². The van der Waals surface area contributed by atoms with Crippen molar-refractivity contribution in [2.24, 2.45) is 11.8 Å². The smallest absolute Gasteiger partial charge is 0.278 e. The van der Waals surface area contributed by atoms with Crippen LogP contribution in [0.3, 0.4) is 0 Å². The maximum absolute atomic E-state index is 12.5. The molecule has 0 bridgehead atoms. The third-order valence-electron chi connectivity index (χ3n) is 6.22. The second-order valence-electron chi connectivity index (χ2n) is 7.91. The van der Waals surface area contributed by atoms with Gasteiger partial charge in [0.15, 0.2) is 5.69 Å². The molecule has 0 radical (unpaired) electrons. The number of carbonyl (C=O) groups is 1. The molecule has 0 aliphatic carbocycles. The molecule has 1 atom stereocenters. The molecule has 144 valence electrons. The predicted molar refractivity (Wildman–Crippen MR) is 102 cm³/mol. The number of carbonyl (C=O) groups excluding carboxylic acids is 1. The van der Waals surface area contributed by atoms with Crippen molar-refractivity contribution in [3.63, 3.8) is 0 Å². The highest BCUT2D eigenvalue weighted by atomic mass is 16.6. The van der Waals surface area contributed by atoms with Crippen LogP contribution in [0, 0.1) is 18.8 Å². The van der Waals surface area contributed by atoms with Gasteiger partial charge in [-0.15, -0.1) is 0 Å². The van der Waals surface area contributed by atoms with E-state index in [2.05, 4.69) is 50.2 Å². The molecule has 1 aromatic heterocycles. The van der Waals surface area contributed by atoms with Gasteiger partial charge >= 0.3 is 0 Å². The molecule has 0 unspecified atom stereocenters. The third-order valence-corrected chi connectivity index (χ3v) is 6.22. The van der Waals surface area contributed by atoms with E-state index in [0.717, 1.165) is 50.7 Å². The standard InChI is InChI=1S/C21H28N4O2/c1-16-20(23-27-22-16)21(26)25-13-9-18(10-14-25)19-8-12-24(15-19)11-7-17-5-3-2-4-6-17/h2-6,18-19H,7-15H2,1H3/t19-/m1/s1. The van der Waals surface area contributed by atoms with Crippen molar-refractivity contribution in [1.82, 2.24) is 20.1 Å². The highest BCUT2D eigenvalue weighted by Gasteiger charge is 2.33. The number of nitrogens with zero attached hydrogens (tertiary/aromatic N) is 4. The van der Waals surface area contributed by atoms with Gasteiger partial charge in [0.1, 0.15) is 5.69 Å². The van der Waals surface area contributed by atoms with Gasteiger partial charge in [-0.1, -0.05) is 35.5 Å². The largest absolute Gasteiger partial charge is 0.337 e. The van der Waals surface area contributed by atoms with Crippen molar-refractivity contribution in [2.45, 2.75) is 32.6 Å². The number of amides is 1. The van der Waals surface area contributed by atoms with Crippen LogP contribution >= 0.6 is 0 Å². The van der Waals surface area contributed by atoms with E-state index in [1.54, 1.807) is 6.92 Å². The maximum atomic E-state index is 12.5. The molecule has 2 fully saturated rings. The second-order valence-corrected chi connectivity index (χ2v) is 7.91. The molecular weight excluding hydrogens is 340 g/mol. The number of hydrogen-bond donors (Lipinski definition) is 0. The Labute approximate surface area is 160 Å². The normalized spacial score (nSPS) is 21.7. The number of aromatic nitrogens is 2. The topological polar surface area (TPSA) is 62.5 Å². The van der Waals surface area contributed by atoms with Crippen LogP contribution in [0.15, 0.2) is 35.0 Å². The fourth-order valence-electron chi connectivity index (χ4n) is 4.53. The van der Waals surface area contributed by atoms with Gasteiger partial charge in [-0.05, 0) is 61.7 Å². The van der Waals surface area contributed by atoms with Gasteiger partial charge in [-0.2, -0.15) is 0 Å². The van der Waals surface area contributed by atoms with Crippen molar-refractivity contribution >= 4 is 5.91 Å². The first-order valence-electron chi connectivity index (χ1n) is 10.1. The lowest BCUT2D eigenvalue weighted by Gasteiger charge is -2.34. The first kappa shape index (κ1) is 18.2. The molecule has 2 saturated heterocycles. The molecule has 6 nitrogen and oxygen atoms in total. The average molecular weight is 368 g/mol. The minimum Gasteiger partial charge on any atom is -0.337 e. The molecule has 2 aliphatic heterocycles. The van der Waals surface area contributed by atoms with E-state index in [-0.39, 0.29) is 5.91 Å². The van der Waals surface area contributed by atoms with Gasteiger partial charge in [-0.3, -0.25) is 4.79 Å². The van der Waals surface area contributed by atoms with E-state index < -0.39 is 0 Å². The van der Waals surface area contributed by atoms with Crippen LogP contribution in [-0.4, -0.2) is 58.7 Å². The molecule has 27 heavy (non-hydrogen) atoms. The Morgan fingerprint density at radius 1 is 1.07 bits per heavy atom. The maximum Gasteiger partial charge on any atom is 0.278 e. The van der Waals surface area contributed by atoms with Crippen LogP contribution in [0.4, 0.5) is 0 Å². The number of benzene rings is 1. The van der Waals surface area contributed by atoms with Crippen LogP contribution < -0.4 is 0 Å². The molecule has 0 N–H and O–H groups in total. The minimum atomic E-state index is -0.0388. The van der Waals surface area contributed by atoms with E-state index in [4.69, 9.17) is 0 Å². The lowest BCUT2D eigenvalue weighted by molar-refractivity contribution is 0.0648. The van der Waals surface area contributed by atoms with Crippen LogP contribution in [0.1, 0.15) is 41.0 Å². The van der Waals surface area contributed by atoms with Crippen molar-refractivity contribution in [3.05, 3.63) is 47.3 Å². The van der Waals surface area contributed by atoms with Crippen molar-refractivity contribution < 1.29 is 9.42 Å².